The van der Waals surface area contributed by atoms with Gasteiger partial charge in [0.25, 0.3) is 0 Å². The molecule has 0 bridgehead atoms. The van der Waals surface area contributed by atoms with Crippen molar-refractivity contribution in [1.29, 1.82) is 0 Å². The van der Waals surface area contributed by atoms with Gasteiger partial charge in [-0.1, -0.05) is 0 Å². The number of hydrogen-bond donors (Lipinski definition) is 1. The molecular weight excluding hydrogens is 396 g/mol. The molecule has 4 rings (SSSR count). The lowest BCUT2D eigenvalue weighted by Crippen LogP contribution is -2.49. The van der Waals surface area contributed by atoms with E-state index in [1.54, 1.807) is 24.5 Å². The Morgan fingerprint density at radius 3 is 2.24 bits per heavy atom. The molecule has 2 aromatic heterocycles. The minimum absolute atomic E-state index is 0.0295. The number of rotatable bonds is 5. The van der Waals surface area contributed by atoms with Crippen LogP contribution in [0.5, 0.6) is 11.5 Å². The third kappa shape index (κ3) is 3.80. The Kier molecular flexibility index (Phi) is 4.95. The molecule has 0 fully saturated rings. The summed E-state index contributed by atoms with van der Waals surface area (Å²) in [5, 5.41) is 9.57. The maximum atomic E-state index is 13.1. The summed E-state index contributed by atoms with van der Waals surface area (Å²) in [6.07, 6.45) is 6.04. The monoisotopic (exact) mass is 412 g/mol. The van der Waals surface area contributed by atoms with Crippen molar-refractivity contribution in [3.05, 3.63) is 72.6 Å². The summed E-state index contributed by atoms with van der Waals surface area (Å²) in [7, 11) is -4.07. The van der Waals surface area contributed by atoms with Crippen LogP contribution < -0.4 is 4.74 Å². The lowest BCUT2D eigenvalue weighted by Gasteiger charge is -2.32. The van der Waals surface area contributed by atoms with E-state index >= 15 is 0 Å². The van der Waals surface area contributed by atoms with Gasteiger partial charge in [0.15, 0.2) is 0 Å². The quantitative estimate of drug-likeness (QED) is 0.674. The van der Waals surface area contributed by atoms with Crippen molar-refractivity contribution in [2.75, 3.05) is 0 Å². The SMILES string of the molecule is O=C(O)[C@H]1Cc2nccnc2CN1S(=O)(=O)c1ccc(Oc2ccncc2)cc1. The van der Waals surface area contributed by atoms with Crippen LogP contribution in [0.4, 0.5) is 0 Å². The van der Waals surface area contributed by atoms with Crippen LogP contribution >= 0.6 is 0 Å². The predicted molar refractivity (Wildman–Crippen MR) is 101 cm³/mol. The molecule has 0 aliphatic carbocycles. The van der Waals surface area contributed by atoms with Gasteiger partial charge in [-0.15, -0.1) is 0 Å². The van der Waals surface area contributed by atoms with Crippen molar-refractivity contribution in [2.24, 2.45) is 0 Å². The van der Waals surface area contributed by atoms with E-state index in [0.717, 1.165) is 4.31 Å². The molecule has 10 heteroatoms. The van der Waals surface area contributed by atoms with Gasteiger partial charge in [-0.25, -0.2) is 8.42 Å². The van der Waals surface area contributed by atoms with Crippen molar-refractivity contribution < 1.29 is 23.1 Å². The maximum Gasteiger partial charge on any atom is 0.322 e. The lowest BCUT2D eigenvalue weighted by atomic mass is 10.1. The molecule has 1 N–H and O–H groups in total. The molecule has 1 aliphatic heterocycles. The smallest absolute Gasteiger partial charge is 0.322 e. The largest absolute Gasteiger partial charge is 0.480 e. The summed E-state index contributed by atoms with van der Waals surface area (Å²) < 4.78 is 32.9. The number of aromatic nitrogens is 3. The molecule has 0 spiro atoms. The van der Waals surface area contributed by atoms with Gasteiger partial charge >= 0.3 is 5.97 Å². The first-order valence-electron chi connectivity index (χ1n) is 8.66. The van der Waals surface area contributed by atoms with Crippen LogP contribution in [-0.2, 0) is 27.8 Å². The molecule has 0 unspecified atom stereocenters. The first kappa shape index (κ1) is 19.0. The van der Waals surface area contributed by atoms with Crippen LogP contribution in [0.1, 0.15) is 11.4 Å². The molecule has 0 saturated carbocycles. The van der Waals surface area contributed by atoms with E-state index < -0.39 is 22.0 Å². The highest BCUT2D eigenvalue weighted by atomic mass is 32.2. The highest BCUT2D eigenvalue weighted by Gasteiger charge is 2.40. The number of hydrogen-bond acceptors (Lipinski definition) is 7. The summed E-state index contributed by atoms with van der Waals surface area (Å²) in [5.41, 5.74) is 0.943. The first-order valence-corrected chi connectivity index (χ1v) is 10.1. The van der Waals surface area contributed by atoms with Crippen LogP contribution in [-0.4, -0.2) is 44.8 Å². The predicted octanol–water partition coefficient (Wildman–Crippen LogP) is 1.86. The summed E-state index contributed by atoms with van der Waals surface area (Å²) >= 11 is 0. The van der Waals surface area contributed by atoms with E-state index in [-0.39, 0.29) is 17.9 Å². The van der Waals surface area contributed by atoms with Crippen LogP contribution in [0.2, 0.25) is 0 Å². The Balaban J connectivity index is 1.62. The maximum absolute atomic E-state index is 13.1. The molecule has 3 aromatic rings. The van der Waals surface area contributed by atoms with Crippen LogP contribution in [0, 0.1) is 0 Å². The normalized spacial score (nSPS) is 16.8. The van der Waals surface area contributed by atoms with Crippen molar-refractivity contribution >= 4 is 16.0 Å². The fourth-order valence-corrected chi connectivity index (χ4v) is 4.60. The van der Waals surface area contributed by atoms with Gasteiger partial charge in [0.05, 0.1) is 22.8 Å². The molecule has 1 atom stereocenters. The molecular formula is C19H16N4O5S. The van der Waals surface area contributed by atoms with E-state index in [1.807, 2.05) is 0 Å². The highest BCUT2D eigenvalue weighted by Crippen LogP contribution is 2.29. The minimum atomic E-state index is -4.07. The number of carbonyl (C=O) groups is 1. The van der Waals surface area contributed by atoms with E-state index in [9.17, 15) is 18.3 Å². The Morgan fingerprint density at radius 2 is 1.59 bits per heavy atom. The number of benzene rings is 1. The zero-order valence-corrected chi connectivity index (χ0v) is 15.9. The van der Waals surface area contributed by atoms with Gasteiger partial charge in [0, 0.05) is 31.2 Å². The van der Waals surface area contributed by atoms with Crippen LogP contribution in [0.3, 0.4) is 0 Å². The van der Waals surface area contributed by atoms with E-state index in [4.69, 9.17) is 4.74 Å². The van der Waals surface area contributed by atoms with E-state index in [2.05, 4.69) is 15.0 Å². The average Bonchev–Trinajstić information content (AvgIpc) is 2.74. The van der Waals surface area contributed by atoms with Gasteiger partial charge in [-0.05, 0) is 36.4 Å². The zero-order valence-electron chi connectivity index (χ0n) is 15.0. The highest BCUT2D eigenvalue weighted by molar-refractivity contribution is 7.89. The molecule has 29 heavy (non-hydrogen) atoms. The van der Waals surface area contributed by atoms with Crippen molar-refractivity contribution in [2.45, 2.75) is 23.9 Å². The molecule has 1 aliphatic rings. The number of fused-ring (bicyclic) bond motifs is 1. The first-order chi connectivity index (χ1) is 13.9. The molecule has 0 radical (unpaired) electrons. The second-order valence-electron chi connectivity index (χ2n) is 6.31. The number of sulfonamides is 1. The Bertz CT molecular complexity index is 1140. The van der Waals surface area contributed by atoms with Gasteiger partial charge in [-0.3, -0.25) is 19.7 Å². The number of carboxylic acid groups (broad SMARTS) is 1. The average molecular weight is 412 g/mol. The second-order valence-corrected chi connectivity index (χ2v) is 8.21. The molecule has 0 saturated heterocycles. The molecule has 1 aromatic carbocycles. The summed E-state index contributed by atoms with van der Waals surface area (Å²) in [5.74, 6) is -0.227. The topological polar surface area (TPSA) is 123 Å². The summed E-state index contributed by atoms with van der Waals surface area (Å²) in [6, 6.07) is 7.90. The number of carboxylic acids is 1. The number of pyridine rings is 1. The van der Waals surface area contributed by atoms with Crippen LogP contribution in [0.15, 0.2) is 66.1 Å². The third-order valence-corrected chi connectivity index (χ3v) is 6.37. The van der Waals surface area contributed by atoms with E-state index in [1.165, 1.54) is 36.7 Å². The second kappa shape index (κ2) is 7.57. The number of ether oxygens (including phenoxy) is 1. The van der Waals surface area contributed by atoms with Gasteiger partial charge < -0.3 is 9.84 Å². The van der Waals surface area contributed by atoms with Gasteiger partial charge in [0.2, 0.25) is 10.0 Å². The Morgan fingerprint density at radius 1 is 0.966 bits per heavy atom. The standard InChI is InChI=1S/C19H16N4O5S/c24-19(25)18-11-16-17(22-10-9-21-16)12-23(18)29(26,27)15-3-1-13(2-4-15)28-14-5-7-20-8-6-14/h1-10,18H,11-12H2,(H,24,25)/t18-/m1/s1. The summed E-state index contributed by atoms with van der Waals surface area (Å²) in [6.45, 7) is -0.155. The summed E-state index contributed by atoms with van der Waals surface area (Å²) in [4.78, 5) is 23.9. The van der Waals surface area contributed by atoms with Gasteiger partial charge in [-0.2, -0.15) is 4.31 Å². The van der Waals surface area contributed by atoms with Crippen molar-refractivity contribution in [3.63, 3.8) is 0 Å². The Labute approximate surface area is 166 Å². The third-order valence-electron chi connectivity index (χ3n) is 4.50. The Hall–Kier alpha value is -3.37. The lowest BCUT2D eigenvalue weighted by molar-refractivity contribution is -0.141. The molecule has 148 valence electrons. The fourth-order valence-electron chi connectivity index (χ4n) is 3.06. The molecule has 3 heterocycles. The van der Waals surface area contributed by atoms with Crippen LogP contribution in [0.25, 0.3) is 0 Å². The minimum Gasteiger partial charge on any atom is -0.480 e. The number of aliphatic carboxylic acids is 1. The van der Waals surface area contributed by atoms with E-state index in [0.29, 0.717) is 22.9 Å². The zero-order chi connectivity index (χ0) is 20.4. The van der Waals surface area contributed by atoms with Crippen molar-refractivity contribution in [1.82, 2.24) is 19.3 Å². The fraction of sp³-hybridized carbons (Fsp3) is 0.158. The van der Waals surface area contributed by atoms with Crippen molar-refractivity contribution in [3.8, 4) is 11.5 Å². The van der Waals surface area contributed by atoms with Gasteiger partial charge in [0.1, 0.15) is 17.5 Å². The molecule has 0 amide bonds. The molecule has 9 nitrogen and oxygen atoms in total. The number of nitrogens with zero attached hydrogens (tertiary/aromatic N) is 4.